The second-order valence-electron chi connectivity index (χ2n) is 3.08. The third-order valence-corrected chi connectivity index (χ3v) is 3.06. The van der Waals surface area contributed by atoms with E-state index in [1.807, 2.05) is 35.2 Å². The molecule has 1 aliphatic rings. The summed E-state index contributed by atoms with van der Waals surface area (Å²) >= 11 is 3.35. The van der Waals surface area contributed by atoms with Crippen molar-refractivity contribution in [3.05, 3.63) is 30.3 Å². The number of nitrogens with zero attached hydrogens (tertiary/aromatic N) is 1. The van der Waals surface area contributed by atoms with Gasteiger partial charge in [-0.3, -0.25) is 4.79 Å². The van der Waals surface area contributed by atoms with Crippen molar-refractivity contribution in [1.29, 1.82) is 0 Å². The Morgan fingerprint density at radius 1 is 1.31 bits per heavy atom. The summed E-state index contributed by atoms with van der Waals surface area (Å²) in [6.07, 6.45) is 0.897. The van der Waals surface area contributed by atoms with Crippen molar-refractivity contribution < 1.29 is 4.79 Å². The van der Waals surface area contributed by atoms with Crippen molar-refractivity contribution in [3.8, 4) is 0 Å². The number of alkyl halides is 1. The maximum atomic E-state index is 11.6. The van der Waals surface area contributed by atoms with Crippen LogP contribution in [-0.4, -0.2) is 17.3 Å². The summed E-state index contributed by atoms with van der Waals surface area (Å²) in [4.78, 5) is 13.4. The molecule has 1 saturated heterocycles. The zero-order valence-corrected chi connectivity index (χ0v) is 8.70. The van der Waals surface area contributed by atoms with Gasteiger partial charge in [0.1, 0.15) is 0 Å². The topological polar surface area (TPSA) is 20.3 Å². The van der Waals surface area contributed by atoms with Gasteiger partial charge in [0.05, 0.1) is 4.83 Å². The molecule has 0 aliphatic carbocycles. The summed E-state index contributed by atoms with van der Waals surface area (Å²) < 4.78 is 0. The lowest BCUT2D eigenvalue weighted by Gasteiger charge is -2.15. The van der Waals surface area contributed by atoms with E-state index in [9.17, 15) is 4.79 Å². The van der Waals surface area contributed by atoms with E-state index in [4.69, 9.17) is 0 Å². The van der Waals surface area contributed by atoms with E-state index in [1.54, 1.807) is 0 Å². The van der Waals surface area contributed by atoms with Gasteiger partial charge in [-0.2, -0.15) is 0 Å². The predicted octanol–water partition coefficient (Wildman–Crippen LogP) is 2.19. The monoisotopic (exact) mass is 239 g/mol. The van der Waals surface area contributed by atoms with Gasteiger partial charge in [0, 0.05) is 12.2 Å². The summed E-state index contributed by atoms with van der Waals surface area (Å²) in [6.45, 7) is 0.818. The van der Waals surface area contributed by atoms with Gasteiger partial charge in [-0.15, -0.1) is 0 Å². The molecule has 1 aromatic carbocycles. The first-order chi connectivity index (χ1) is 6.29. The van der Waals surface area contributed by atoms with Crippen molar-refractivity contribution >= 4 is 27.5 Å². The van der Waals surface area contributed by atoms with Crippen LogP contribution < -0.4 is 4.90 Å². The van der Waals surface area contributed by atoms with E-state index in [0.717, 1.165) is 18.7 Å². The van der Waals surface area contributed by atoms with E-state index in [2.05, 4.69) is 15.9 Å². The number of amides is 1. The molecule has 1 amide bonds. The quantitative estimate of drug-likeness (QED) is 0.689. The summed E-state index contributed by atoms with van der Waals surface area (Å²) in [6, 6.07) is 9.77. The molecule has 1 fully saturated rings. The SMILES string of the molecule is O=C1[C@@H](Br)CCN1c1ccccc1. The van der Waals surface area contributed by atoms with Crippen LogP contribution >= 0.6 is 15.9 Å². The first-order valence-corrected chi connectivity index (χ1v) is 5.21. The Balaban J connectivity index is 2.24. The largest absolute Gasteiger partial charge is 0.311 e. The van der Waals surface area contributed by atoms with Crippen LogP contribution in [0.4, 0.5) is 5.69 Å². The number of hydrogen-bond donors (Lipinski definition) is 0. The van der Waals surface area contributed by atoms with Crippen LogP contribution in [0.1, 0.15) is 6.42 Å². The Hall–Kier alpha value is -0.830. The minimum Gasteiger partial charge on any atom is -0.311 e. The minimum atomic E-state index is 0.00714. The molecule has 0 spiro atoms. The van der Waals surface area contributed by atoms with Crippen molar-refractivity contribution in [2.75, 3.05) is 11.4 Å². The van der Waals surface area contributed by atoms with Gasteiger partial charge in [-0.25, -0.2) is 0 Å². The lowest BCUT2D eigenvalue weighted by molar-refractivity contribution is -0.116. The van der Waals surface area contributed by atoms with Crippen LogP contribution in [-0.2, 0) is 4.79 Å². The van der Waals surface area contributed by atoms with Crippen molar-refractivity contribution in [2.45, 2.75) is 11.2 Å². The maximum absolute atomic E-state index is 11.6. The number of halogens is 1. The Bertz CT molecular complexity index is 312. The minimum absolute atomic E-state index is 0.00714. The zero-order chi connectivity index (χ0) is 9.26. The predicted molar refractivity (Wildman–Crippen MR) is 56.1 cm³/mol. The van der Waals surface area contributed by atoms with Crippen molar-refractivity contribution in [1.82, 2.24) is 0 Å². The lowest BCUT2D eigenvalue weighted by atomic mass is 10.3. The first kappa shape index (κ1) is 8.75. The van der Waals surface area contributed by atoms with Gasteiger partial charge >= 0.3 is 0 Å². The lowest BCUT2D eigenvalue weighted by Crippen LogP contribution is -2.26. The van der Waals surface area contributed by atoms with Gasteiger partial charge in [0.15, 0.2) is 0 Å². The van der Waals surface area contributed by atoms with Gasteiger partial charge in [-0.05, 0) is 18.6 Å². The standard InChI is InChI=1S/C10H10BrNO/c11-9-6-7-12(10(9)13)8-4-2-1-3-5-8/h1-5,9H,6-7H2/t9-/m0/s1. The van der Waals surface area contributed by atoms with Crippen LogP contribution in [0, 0.1) is 0 Å². The molecule has 0 N–H and O–H groups in total. The van der Waals surface area contributed by atoms with Crippen LogP contribution in [0.2, 0.25) is 0 Å². The Morgan fingerprint density at radius 2 is 2.00 bits per heavy atom. The highest BCUT2D eigenvalue weighted by Crippen LogP contribution is 2.24. The first-order valence-electron chi connectivity index (χ1n) is 4.29. The molecule has 0 aromatic heterocycles. The summed E-state index contributed by atoms with van der Waals surface area (Å²) in [5.41, 5.74) is 0.995. The second kappa shape index (κ2) is 3.50. The fourth-order valence-corrected chi connectivity index (χ4v) is 1.96. The second-order valence-corrected chi connectivity index (χ2v) is 4.19. The molecular weight excluding hydrogens is 230 g/mol. The fraction of sp³-hybridized carbons (Fsp3) is 0.300. The number of rotatable bonds is 1. The van der Waals surface area contributed by atoms with E-state index in [1.165, 1.54) is 0 Å². The Labute approximate surface area is 85.7 Å². The molecule has 0 saturated carbocycles. The van der Waals surface area contributed by atoms with E-state index < -0.39 is 0 Å². The van der Waals surface area contributed by atoms with E-state index >= 15 is 0 Å². The Kier molecular flexibility index (Phi) is 2.36. The molecule has 1 atom stereocenters. The molecular formula is C10H10BrNO. The molecule has 0 unspecified atom stereocenters. The van der Waals surface area contributed by atoms with Crippen molar-refractivity contribution in [2.24, 2.45) is 0 Å². The van der Waals surface area contributed by atoms with Gasteiger partial charge in [0.25, 0.3) is 0 Å². The highest BCUT2D eigenvalue weighted by molar-refractivity contribution is 9.10. The van der Waals surface area contributed by atoms with Crippen LogP contribution in [0.25, 0.3) is 0 Å². The molecule has 0 bridgehead atoms. The van der Waals surface area contributed by atoms with Gasteiger partial charge in [-0.1, -0.05) is 34.1 Å². The number of benzene rings is 1. The molecule has 3 heteroatoms. The summed E-state index contributed by atoms with van der Waals surface area (Å²) in [5.74, 6) is 0.172. The molecule has 0 radical (unpaired) electrons. The van der Waals surface area contributed by atoms with Crippen LogP contribution in [0.15, 0.2) is 30.3 Å². The van der Waals surface area contributed by atoms with Crippen LogP contribution in [0.3, 0.4) is 0 Å². The summed E-state index contributed by atoms with van der Waals surface area (Å²) in [7, 11) is 0. The average molecular weight is 240 g/mol. The zero-order valence-electron chi connectivity index (χ0n) is 7.11. The fourth-order valence-electron chi connectivity index (χ4n) is 1.51. The molecule has 68 valence electrons. The maximum Gasteiger partial charge on any atom is 0.240 e. The molecule has 1 aliphatic heterocycles. The smallest absolute Gasteiger partial charge is 0.240 e. The highest BCUT2D eigenvalue weighted by Gasteiger charge is 2.29. The van der Waals surface area contributed by atoms with Crippen LogP contribution in [0.5, 0.6) is 0 Å². The number of hydrogen-bond acceptors (Lipinski definition) is 1. The third kappa shape index (κ3) is 1.61. The van der Waals surface area contributed by atoms with Gasteiger partial charge in [0.2, 0.25) is 5.91 Å². The Morgan fingerprint density at radius 3 is 2.54 bits per heavy atom. The third-order valence-electron chi connectivity index (χ3n) is 2.21. The van der Waals surface area contributed by atoms with Gasteiger partial charge < -0.3 is 4.90 Å². The number of carbonyl (C=O) groups excluding carboxylic acids is 1. The average Bonchev–Trinajstić information content (AvgIpc) is 2.49. The molecule has 1 aromatic rings. The summed E-state index contributed by atoms with van der Waals surface area (Å²) in [5, 5.41) is 0. The number of para-hydroxylation sites is 1. The van der Waals surface area contributed by atoms with Crippen molar-refractivity contribution in [3.63, 3.8) is 0 Å². The molecule has 2 rings (SSSR count). The normalized spacial score (nSPS) is 22.4. The molecule has 1 heterocycles. The number of carbonyl (C=O) groups is 1. The van der Waals surface area contributed by atoms with E-state index in [-0.39, 0.29) is 10.7 Å². The molecule has 13 heavy (non-hydrogen) atoms. The molecule has 2 nitrogen and oxygen atoms in total. The highest BCUT2D eigenvalue weighted by atomic mass is 79.9. The number of anilines is 1. The van der Waals surface area contributed by atoms with E-state index in [0.29, 0.717) is 0 Å².